The van der Waals surface area contributed by atoms with E-state index in [2.05, 4.69) is 14.8 Å². The third kappa shape index (κ3) is 2.07. The summed E-state index contributed by atoms with van der Waals surface area (Å²) in [5.74, 6) is -1.24. The molecule has 1 heterocycles. The van der Waals surface area contributed by atoms with Gasteiger partial charge in [-0.1, -0.05) is 0 Å². The molecule has 2 rings (SSSR count). The number of carbonyl (C=O) groups excluding carboxylic acids is 1. The molecule has 0 aliphatic carbocycles. The number of anilines is 1. The zero-order valence-electron chi connectivity index (χ0n) is 8.92. The number of hydrogen-bond acceptors (Lipinski definition) is 5. The quantitative estimate of drug-likeness (QED) is 0.615. The van der Waals surface area contributed by atoms with Crippen LogP contribution < -0.4 is 5.73 Å². The van der Waals surface area contributed by atoms with Gasteiger partial charge in [0.05, 0.1) is 18.5 Å². The molecule has 1 aromatic carbocycles. The van der Waals surface area contributed by atoms with E-state index < -0.39 is 11.8 Å². The lowest BCUT2D eigenvalue weighted by atomic mass is 10.2. The van der Waals surface area contributed by atoms with E-state index in [9.17, 15) is 9.18 Å². The van der Waals surface area contributed by atoms with Crippen LogP contribution >= 0.6 is 0 Å². The van der Waals surface area contributed by atoms with Gasteiger partial charge in [0, 0.05) is 6.07 Å². The molecule has 1 aromatic heterocycles. The zero-order valence-corrected chi connectivity index (χ0v) is 8.92. The van der Waals surface area contributed by atoms with E-state index in [0.717, 1.165) is 0 Å². The fraction of sp³-hybridized carbons (Fsp3) is 0.100. The van der Waals surface area contributed by atoms with E-state index in [1.807, 2.05) is 0 Å². The molecule has 17 heavy (non-hydrogen) atoms. The number of methoxy groups -OCH3 is 1. The number of ether oxygens (including phenoxy) is 1. The summed E-state index contributed by atoms with van der Waals surface area (Å²) in [7, 11) is 1.22. The molecule has 0 spiro atoms. The van der Waals surface area contributed by atoms with Gasteiger partial charge >= 0.3 is 5.97 Å². The molecular weight excluding hydrogens is 227 g/mol. The molecule has 0 fully saturated rings. The SMILES string of the molecule is COC(=O)c1ncn(-c2cc(F)ccc2N)n1. The predicted octanol–water partition coefficient (Wildman–Crippen LogP) is 0.775. The molecule has 6 nitrogen and oxygen atoms in total. The van der Waals surface area contributed by atoms with Crippen molar-refractivity contribution in [3.63, 3.8) is 0 Å². The van der Waals surface area contributed by atoms with Crippen LogP contribution in [0.25, 0.3) is 5.69 Å². The lowest BCUT2D eigenvalue weighted by molar-refractivity contribution is 0.0587. The van der Waals surface area contributed by atoms with Gasteiger partial charge in [0.1, 0.15) is 12.1 Å². The maximum atomic E-state index is 13.1. The highest BCUT2D eigenvalue weighted by molar-refractivity contribution is 5.84. The molecule has 0 aliphatic rings. The van der Waals surface area contributed by atoms with Crippen LogP contribution in [0.2, 0.25) is 0 Å². The van der Waals surface area contributed by atoms with Crippen molar-refractivity contribution in [3.8, 4) is 5.69 Å². The predicted molar refractivity (Wildman–Crippen MR) is 57.1 cm³/mol. The number of carbonyl (C=O) groups is 1. The molecule has 0 unspecified atom stereocenters. The Labute approximate surface area is 95.8 Å². The van der Waals surface area contributed by atoms with Crippen LogP contribution in [-0.2, 0) is 4.74 Å². The average molecular weight is 236 g/mol. The molecule has 0 amide bonds. The number of halogens is 1. The summed E-state index contributed by atoms with van der Waals surface area (Å²) in [5.41, 5.74) is 6.31. The second-order valence-corrected chi connectivity index (χ2v) is 3.21. The Hall–Kier alpha value is -2.44. The third-order valence-electron chi connectivity index (χ3n) is 2.10. The fourth-order valence-corrected chi connectivity index (χ4v) is 1.28. The number of nitrogens with zero attached hydrogens (tertiary/aromatic N) is 3. The second kappa shape index (κ2) is 4.20. The highest BCUT2D eigenvalue weighted by Crippen LogP contribution is 2.17. The molecule has 0 bridgehead atoms. The van der Waals surface area contributed by atoms with E-state index in [-0.39, 0.29) is 5.82 Å². The molecule has 0 aliphatic heterocycles. The molecule has 7 heteroatoms. The first-order valence-electron chi connectivity index (χ1n) is 4.67. The largest absolute Gasteiger partial charge is 0.463 e. The van der Waals surface area contributed by atoms with Crippen LogP contribution in [0, 0.1) is 5.82 Å². The molecular formula is C10H9FN4O2. The van der Waals surface area contributed by atoms with E-state index in [4.69, 9.17) is 5.73 Å². The summed E-state index contributed by atoms with van der Waals surface area (Å²) in [6.45, 7) is 0. The lowest BCUT2D eigenvalue weighted by Crippen LogP contribution is -2.06. The Kier molecular flexibility index (Phi) is 2.73. The van der Waals surface area contributed by atoms with E-state index in [1.54, 1.807) is 0 Å². The molecule has 88 valence electrons. The number of hydrogen-bond donors (Lipinski definition) is 1. The number of esters is 1. The minimum atomic E-state index is -0.668. The zero-order chi connectivity index (χ0) is 12.4. The van der Waals surface area contributed by atoms with Crippen LogP contribution in [0.1, 0.15) is 10.6 Å². The van der Waals surface area contributed by atoms with Crippen molar-refractivity contribution in [2.75, 3.05) is 12.8 Å². The van der Waals surface area contributed by atoms with Gasteiger partial charge in [-0.3, -0.25) is 0 Å². The number of rotatable bonds is 2. The summed E-state index contributed by atoms with van der Waals surface area (Å²) in [6, 6.07) is 3.84. The molecule has 0 saturated heterocycles. The monoisotopic (exact) mass is 236 g/mol. The Morgan fingerprint density at radius 2 is 2.29 bits per heavy atom. The second-order valence-electron chi connectivity index (χ2n) is 3.21. The summed E-state index contributed by atoms with van der Waals surface area (Å²) in [6.07, 6.45) is 1.26. The molecule has 0 saturated carbocycles. The molecule has 2 aromatic rings. The van der Waals surface area contributed by atoms with E-state index in [0.29, 0.717) is 11.4 Å². The highest BCUT2D eigenvalue weighted by atomic mass is 19.1. The Morgan fingerprint density at radius 1 is 1.53 bits per heavy atom. The first kappa shape index (κ1) is 11.1. The van der Waals surface area contributed by atoms with Crippen molar-refractivity contribution >= 4 is 11.7 Å². The van der Waals surface area contributed by atoms with Gasteiger partial charge in [0.25, 0.3) is 5.82 Å². The Morgan fingerprint density at radius 3 is 3.00 bits per heavy atom. The van der Waals surface area contributed by atoms with Crippen LogP contribution in [0.5, 0.6) is 0 Å². The standard InChI is InChI=1S/C10H9FN4O2/c1-17-10(16)9-13-5-15(14-9)8-4-6(11)2-3-7(8)12/h2-5H,12H2,1H3. The van der Waals surface area contributed by atoms with Crippen LogP contribution in [0.15, 0.2) is 24.5 Å². The first-order chi connectivity index (χ1) is 8.11. The summed E-state index contributed by atoms with van der Waals surface area (Å²) < 4.78 is 18.7. The normalized spacial score (nSPS) is 10.2. The van der Waals surface area contributed by atoms with Crippen LogP contribution in [0.4, 0.5) is 10.1 Å². The van der Waals surface area contributed by atoms with Crippen molar-refractivity contribution in [1.29, 1.82) is 0 Å². The highest BCUT2D eigenvalue weighted by Gasteiger charge is 2.13. The summed E-state index contributed by atoms with van der Waals surface area (Å²) in [4.78, 5) is 14.9. The maximum absolute atomic E-state index is 13.1. The summed E-state index contributed by atoms with van der Waals surface area (Å²) >= 11 is 0. The molecule has 0 atom stereocenters. The summed E-state index contributed by atoms with van der Waals surface area (Å²) in [5, 5.41) is 3.84. The van der Waals surface area contributed by atoms with Crippen molar-refractivity contribution in [2.45, 2.75) is 0 Å². The van der Waals surface area contributed by atoms with Crippen LogP contribution in [-0.4, -0.2) is 27.8 Å². The van der Waals surface area contributed by atoms with Crippen molar-refractivity contribution in [3.05, 3.63) is 36.2 Å². The fourth-order valence-electron chi connectivity index (χ4n) is 1.28. The van der Waals surface area contributed by atoms with Gasteiger partial charge in [-0.15, -0.1) is 5.10 Å². The number of nitrogen functional groups attached to an aromatic ring is 1. The van der Waals surface area contributed by atoms with Gasteiger partial charge in [0.2, 0.25) is 0 Å². The Balaban J connectivity index is 2.43. The smallest absolute Gasteiger partial charge is 0.377 e. The minimum Gasteiger partial charge on any atom is -0.463 e. The van der Waals surface area contributed by atoms with Crippen molar-refractivity contribution < 1.29 is 13.9 Å². The van der Waals surface area contributed by atoms with Crippen molar-refractivity contribution in [1.82, 2.24) is 14.8 Å². The van der Waals surface area contributed by atoms with E-state index in [1.165, 1.54) is 36.3 Å². The van der Waals surface area contributed by atoms with Crippen LogP contribution in [0.3, 0.4) is 0 Å². The average Bonchev–Trinajstić information content (AvgIpc) is 2.80. The molecule has 0 radical (unpaired) electrons. The Bertz CT molecular complexity index is 567. The van der Waals surface area contributed by atoms with E-state index >= 15 is 0 Å². The van der Waals surface area contributed by atoms with Gasteiger partial charge in [-0.05, 0) is 12.1 Å². The number of benzene rings is 1. The van der Waals surface area contributed by atoms with Gasteiger partial charge in [-0.25, -0.2) is 18.9 Å². The van der Waals surface area contributed by atoms with Gasteiger partial charge < -0.3 is 10.5 Å². The van der Waals surface area contributed by atoms with Gasteiger partial charge in [0.15, 0.2) is 0 Å². The minimum absolute atomic E-state index is 0.115. The van der Waals surface area contributed by atoms with Gasteiger partial charge in [-0.2, -0.15) is 0 Å². The lowest BCUT2D eigenvalue weighted by Gasteiger charge is -2.04. The first-order valence-corrected chi connectivity index (χ1v) is 4.67. The topological polar surface area (TPSA) is 83.0 Å². The number of nitrogens with two attached hydrogens (primary N) is 1. The number of aromatic nitrogens is 3. The van der Waals surface area contributed by atoms with Crippen molar-refractivity contribution in [2.24, 2.45) is 0 Å². The third-order valence-corrected chi connectivity index (χ3v) is 2.10. The maximum Gasteiger partial charge on any atom is 0.377 e. The molecule has 2 N–H and O–H groups in total.